The van der Waals surface area contributed by atoms with Crippen LogP contribution < -0.4 is 10.2 Å². The highest BCUT2D eigenvalue weighted by atomic mass is 16.5. The fourth-order valence-electron chi connectivity index (χ4n) is 2.44. The molecule has 2 rings (SSSR count). The SMILES string of the molecule is CC1CN(c2ccc(CNC(C)(C)C)cn2)CC(C)O1. The number of pyridine rings is 1. The largest absolute Gasteiger partial charge is 0.372 e. The molecule has 2 atom stereocenters. The molecule has 20 heavy (non-hydrogen) atoms. The summed E-state index contributed by atoms with van der Waals surface area (Å²) in [6.45, 7) is 13.4. The predicted molar refractivity (Wildman–Crippen MR) is 83.1 cm³/mol. The highest BCUT2D eigenvalue weighted by molar-refractivity contribution is 5.40. The van der Waals surface area contributed by atoms with Gasteiger partial charge in [-0.2, -0.15) is 0 Å². The number of ether oxygens (including phenoxy) is 1. The molecule has 1 fully saturated rings. The number of nitrogens with one attached hydrogen (secondary N) is 1. The molecule has 0 bridgehead atoms. The summed E-state index contributed by atoms with van der Waals surface area (Å²) in [5.41, 5.74) is 1.35. The Balaban J connectivity index is 1.97. The van der Waals surface area contributed by atoms with Crippen LogP contribution in [-0.4, -0.2) is 35.8 Å². The second kappa shape index (κ2) is 6.10. The standard InChI is InChI=1S/C16H27N3O/c1-12-10-19(11-13(2)20-12)15-7-6-14(8-17-15)9-18-16(3,4)5/h6-8,12-13,18H,9-11H2,1-5H3. The number of hydrogen-bond donors (Lipinski definition) is 1. The van der Waals surface area contributed by atoms with Crippen molar-refractivity contribution < 1.29 is 4.74 Å². The molecule has 0 radical (unpaired) electrons. The van der Waals surface area contributed by atoms with Crippen LogP contribution in [0.1, 0.15) is 40.2 Å². The van der Waals surface area contributed by atoms with E-state index in [1.54, 1.807) is 0 Å². The van der Waals surface area contributed by atoms with E-state index in [1.807, 2.05) is 6.20 Å². The Morgan fingerprint density at radius 3 is 2.40 bits per heavy atom. The van der Waals surface area contributed by atoms with E-state index in [-0.39, 0.29) is 17.7 Å². The third-order valence-corrected chi connectivity index (χ3v) is 3.38. The van der Waals surface area contributed by atoms with Crippen LogP contribution in [0.25, 0.3) is 0 Å². The molecule has 1 aromatic heterocycles. The van der Waals surface area contributed by atoms with Crippen molar-refractivity contribution in [1.82, 2.24) is 10.3 Å². The molecule has 1 N–H and O–H groups in total. The Bertz CT molecular complexity index is 414. The molecule has 4 nitrogen and oxygen atoms in total. The Hall–Kier alpha value is -1.13. The van der Waals surface area contributed by atoms with Gasteiger partial charge in [0.25, 0.3) is 0 Å². The fourth-order valence-corrected chi connectivity index (χ4v) is 2.44. The van der Waals surface area contributed by atoms with Gasteiger partial charge in [0.2, 0.25) is 0 Å². The van der Waals surface area contributed by atoms with Gasteiger partial charge in [-0.05, 0) is 46.2 Å². The monoisotopic (exact) mass is 277 g/mol. The Morgan fingerprint density at radius 1 is 1.25 bits per heavy atom. The molecule has 1 aromatic rings. The van der Waals surface area contributed by atoms with Crippen molar-refractivity contribution in [3.05, 3.63) is 23.9 Å². The number of aromatic nitrogens is 1. The van der Waals surface area contributed by atoms with Crippen molar-refractivity contribution in [2.45, 2.75) is 58.9 Å². The van der Waals surface area contributed by atoms with Gasteiger partial charge < -0.3 is 15.0 Å². The van der Waals surface area contributed by atoms with E-state index in [9.17, 15) is 0 Å². The maximum atomic E-state index is 5.76. The van der Waals surface area contributed by atoms with Crippen LogP contribution in [0.3, 0.4) is 0 Å². The minimum atomic E-state index is 0.133. The van der Waals surface area contributed by atoms with Crippen molar-refractivity contribution in [3.8, 4) is 0 Å². The third kappa shape index (κ3) is 4.46. The first-order valence-corrected chi connectivity index (χ1v) is 7.44. The zero-order valence-electron chi connectivity index (χ0n) is 13.3. The van der Waals surface area contributed by atoms with Crippen LogP contribution in [-0.2, 0) is 11.3 Å². The van der Waals surface area contributed by atoms with E-state index in [0.717, 1.165) is 25.5 Å². The topological polar surface area (TPSA) is 37.4 Å². The molecule has 4 heteroatoms. The van der Waals surface area contributed by atoms with Gasteiger partial charge in [-0.15, -0.1) is 0 Å². The lowest BCUT2D eigenvalue weighted by Crippen LogP contribution is -2.45. The van der Waals surface area contributed by atoms with Crippen LogP contribution >= 0.6 is 0 Å². The first-order valence-electron chi connectivity index (χ1n) is 7.44. The summed E-state index contributed by atoms with van der Waals surface area (Å²) >= 11 is 0. The van der Waals surface area contributed by atoms with E-state index < -0.39 is 0 Å². The predicted octanol–water partition coefficient (Wildman–Crippen LogP) is 2.58. The summed E-state index contributed by atoms with van der Waals surface area (Å²) in [4.78, 5) is 6.91. The molecule has 1 aliphatic rings. The summed E-state index contributed by atoms with van der Waals surface area (Å²) in [5, 5.41) is 3.48. The highest BCUT2D eigenvalue weighted by Crippen LogP contribution is 2.18. The smallest absolute Gasteiger partial charge is 0.128 e. The highest BCUT2D eigenvalue weighted by Gasteiger charge is 2.22. The summed E-state index contributed by atoms with van der Waals surface area (Å²) < 4.78 is 5.76. The molecule has 0 saturated carbocycles. The van der Waals surface area contributed by atoms with E-state index in [4.69, 9.17) is 4.74 Å². The first kappa shape index (κ1) is 15.3. The summed E-state index contributed by atoms with van der Waals surface area (Å²) in [5.74, 6) is 1.05. The second-order valence-electron chi connectivity index (χ2n) is 6.79. The second-order valence-corrected chi connectivity index (χ2v) is 6.79. The van der Waals surface area contributed by atoms with Crippen LogP contribution in [0.15, 0.2) is 18.3 Å². The zero-order chi connectivity index (χ0) is 14.8. The van der Waals surface area contributed by atoms with Gasteiger partial charge in [0.05, 0.1) is 12.2 Å². The number of rotatable bonds is 3. The van der Waals surface area contributed by atoms with Gasteiger partial charge in [-0.25, -0.2) is 4.98 Å². The van der Waals surface area contributed by atoms with Gasteiger partial charge in [-0.1, -0.05) is 6.07 Å². The fraction of sp³-hybridized carbons (Fsp3) is 0.688. The minimum absolute atomic E-state index is 0.133. The zero-order valence-corrected chi connectivity index (χ0v) is 13.3. The summed E-state index contributed by atoms with van der Waals surface area (Å²) in [6, 6.07) is 4.27. The molecule has 0 aliphatic carbocycles. The first-order chi connectivity index (χ1) is 9.33. The van der Waals surface area contributed by atoms with Crippen LogP contribution in [0, 0.1) is 0 Å². The average Bonchev–Trinajstić information content (AvgIpc) is 2.35. The third-order valence-electron chi connectivity index (χ3n) is 3.38. The Kier molecular flexibility index (Phi) is 4.66. The average molecular weight is 277 g/mol. The van der Waals surface area contributed by atoms with Crippen molar-refractivity contribution in [2.24, 2.45) is 0 Å². The van der Waals surface area contributed by atoms with E-state index in [0.29, 0.717) is 0 Å². The number of anilines is 1. The molecule has 1 aliphatic heterocycles. The summed E-state index contributed by atoms with van der Waals surface area (Å²) in [6.07, 6.45) is 2.50. The van der Waals surface area contributed by atoms with Crippen LogP contribution in [0.4, 0.5) is 5.82 Å². The van der Waals surface area contributed by atoms with Crippen LogP contribution in [0.2, 0.25) is 0 Å². The molecule has 2 unspecified atom stereocenters. The molecular formula is C16H27N3O. The lowest BCUT2D eigenvalue weighted by molar-refractivity contribution is -0.00545. The van der Waals surface area contributed by atoms with Crippen molar-refractivity contribution in [3.63, 3.8) is 0 Å². The molecule has 0 aromatic carbocycles. The minimum Gasteiger partial charge on any atom is -0.372 e. The Morgan fingerprint density at radius 2 is 1.90 bits per heavy atom. The molecule has 1 saturated heterocycles. The van der Waals surface area contributed by atoms with Gasteiger partial charge in [0.15, 0.2) is 0 Å². The quantitative estimate of drug-likeness (QED) is 0.921. The normalized spacial score (nSPS) is 23.9. The lowest BCUT2D eigenvalue weighted by atomic mass is 10.1. The molecule has 0 spiro atoms. The van der Waals surface area contributed by atoms with Gasteiger partial charge in [-0.3, -0.25) is 0 Å². The number of hydrogen-bond acceptors (Lipinski definition) is 4. The van der Waals surface area contributed by atoms with Gasteiger partial charge in [0.1, 0.15) is 5.82 Å². The molecule has 0 amide bonds. The maximum absolute atomic E-state index is 5.76. The van der Waals surface area contributed by atoms with Crippen molar-refractivity contribution in [2.75, 3.05) is 18.0 Å². The van der Waals surface area contributed by atoms with Gasteiger partial charge >= 0.3 is 0 Å². The molecule has 112 valence electrons. The van der Waals surface area contributed by atoms with Gasteiger partial charge in [0, 0.05) is 31.4 Å². The van der Waals surface area contributed by atoms with E-state index in [1.165, 1.54) is 5.56 Å². The van der Waals surface area contributed by atoms with E-state index >= 15 is 0 Å². The van der Waals surface area contributed by atoms with Crippen LogP contribution in [0.5, 0.6) is 0 Å². The molecule has 2 heterocycles. The molecular weight excluding hydrogens is 250 g/mol. The lowest BCUT2D eigenvalue weighted by Gasteiger charge is -2.36. The number of nitrogens with zero attached hydrogens (tertiary/aromatic N) is 2. The van der Waals surface area contributed by atoms with E-state index in [2.05, 4.69) is 62.0 Å². The summed E-state index contributed by atoms with van der Waals surface area (Å²) in [7, 11) is 0. The maximum Gasteiger partial charge on any atom is 0.128 e. The number of morpholine rings is 1. The van der Waals surface area contributed by atoms with Crippen molar-refractivity contribution >= 4 is 5.82 Å². The van der Waals surface area contributed by atoms with Crippen molar-refractivity contribution in [1.29, 1.82) is 0 Å². The Labute approximate surface area is 122 Å².